The van der Waals surface area contributed by atoms with E-state index in [4.69, 9.17) is 23.2 Å². The van der Waals surface area contributed by atoms with Crippen molar-refractivity contribution in [1.29, 1.82) is 0 Å². The fourth-order valence-corrected chi connectivity index (χ4v) is 3.53. The molecule has 1 aliphatic heterocycles. The molecule has 0 spiro atoms. The minimum absolute atomic E-state index is 0.142. The number of carbonyl (C=O) groups is 3. The van der Waals surface area contributed by atoms with E-state index in [9.17, 15) is 14.4 Å². The summed E-state index contributed by atoms with van der Waals surface area (Å²) in [5.41, 5.74) is 1.74. The Hall–Kier alpha value is -1.89. The van der Waals surface area contributed by atoms with Crippen LogP contribution in [-0.4, -0.2) is 28.7 Å². The first-order chi connectivity index (χ1) is 12.2. The summed E-state index contributed by atoms with van der Waals surface area (Å²) in [6.07, 6.45) is 0. The molecule has 0 aliphatic carbocycles. The molecule has 0 saturated carbocycles. The Labute approximate surface area is 168 Å². The Morgan fingerprint density at radius 2 is 1.62 bits per heavy atom. The highest BCUT2D eigenvalue weighted by molar-refractivity contribution is 9.10. The van der Waals surface area contributed by atoms with Gasteiger partial charge in [-0.25, -0.2) is 0 Å². The van der Waals surface area contributed by atoms with E-state index in [1.165, 1.54) is 19.1 Å². The van der Waals surface area contributed by atoms with Crippen LogP contribution in [0.1, 0.15) is 33.2 Å². The lowest BCUT2D eigenvalue weighted by Gasteiger charge is -2.22. The molecule has 1 N–H and O–H groups in total. The summed E-state index contributed by atoms with van der Waals surface area (Å²) in [6, 6.07) is 7.09. The molecule has 0 aromatic heterocycles. The van der Waals surface area contributed by atoms with Crippen LogP contribution in [0.4, 0.5) is 5.69 Å². The zero-order valence-corrected chi connectivity index (χ0v) is 16.9. The standard InChI is InChI=1S/C18H13BrCl2N2O3/c1-8-5-10(19)3-4-15(8)22-16(24)9(2)23-17(25)11-6-13(20)14(21)7-12(11)18(23)26/h3-7,9H,1-2H3,(H,22,24). The Bertz CT molecular complexity index is 921. The minimum Gasteiger partial charge on any atom is -0.324 e. The molecule has 0 radical (unpaired) electrons. The van der Waals surface area contributed by atoms with Crippen LogP contribution in [0.25, 0.3) is 0 Å². The first kappa shape index (κ1) is 18.9. The number of hydrogen-bond donors (Lipinski definition) is 1. The van der Waals surface area contributed by atoms with Crippen molar-refractivity contribution in [3.63, 3.8) is 0 Å². The average molecular weight is 456 g/mol. The number of hydrogen-bond acceptors (Lipinski definition) is 3. The lowest BCUT2D eigenvalue weighted by molar-refractivity contribution is -0.119. The number of imide groups is 1. The number of halogens is 3. The summed E-state index contributed by atoms with van der Waals surface area (Å²) in [4.78, 5) is 38.7. The summed E-state index contributed by atoms with van der Waals surface area (Å²) in [5, 5.41) is 3.10. The number of nitrogens with one attached hydrogen (secondary N) is 1. The van der Waals surface area contributed by atoms with Crippen molar-refractivity contribution in [2.75, 3.05) is 5.32 Å². The van der Waals surface area contributed by atoms with Crippen molar-refractivity contribution < 1.29 is 14.4 Å². The van der Waals surface area contributed by atoms with Gasteiger partial charge in [-0.3, -0.25) is 19.3 Å². The van der Waals surface area contributed by atoms with Crippen LogP contribution in [0.5, 0.6) is 0 Å². The van der Waals surface area contributed by atoms with Gasteiger partial charge in [0.15, 0.2) is 0 Å². The zero-order valence-electron chi connectivity index (χ0n) is 13.8. The molecular weight excluding hydrogens is 443 g/mol. The maximum Gasteiger partial charge on any atom is 0.262 e. The van der Waals surface area contributed by atoms with Crippen molar-refractivity contribution in [1.82, 2.24) is 4.90 Å². The quantitative estimate of drug-likeness (QED) is 0.682. The van der Waals surface area contributed by atoms with E-state index < -0.39 is 23.8 Å². The molecule has 3 amide bonds. The molecule has 3 rings (SSSR count). The van der Waals surface area contributed by atoms with Crippen molar-refractivity contribution in [2.45, 2.75) is 19.9 Å². The van der Waals surface area contributed by atoms with Gasteiger partial charge in [0.1, 0.15) is 6.04 Å². The van der Waals surface area contributed by atoms with Crippen LogP contribution >= 0.6 is 39.1 Å². The molecule has 0 bridgehead atoms. The van der Waals surface area contributed by atoms with E-state index in [2.05, 4.69) is 21.2 Å². The number of benzene rings is 2. The summed E-state index contributed by atoms with van der Waals surface area (Å²) >= 11 is 15.2. The molecule has 1 unspecified atom stereocenters. The summed E-state index contributed by atoms with van der Waals surface area (Å²) in [6.45, 7) is 3.34. The van der Waals surface area contributed by atoms with Crippen molar-refractivity contribution in [3.05, 3.63) is 61.5 Å². The van der Waals surface area contributed by atoms with E-state index in [-0.39, 0.29) is 21.2 Å². The molecule has 2 aromatic rings. The molecule has 0 saturated heterocycles. The molecule has 134 valence electrons. The molecule has 0 fully saturated rings. The van der Waals surface area contributed by atoms with Crippen LogP contribution < -0.4 is 5.32 Å². The lowest BCUT2D eigenvalue weighted by atomic mass is 10.1. The van der Waals surface area contributed by atoms with Crippen LogP contribution in [0.15, 0.2) is 34.8 Å². The monoisotopic (exact) mass is 454 g/mol. The Morgan fingerprint density at radius 1 is 1.08 bits per heavy atom. The first-order valence-electron chi connectivity index (χ1n) is 7.64. The summed E-state index contributed by atoms with van der Waals surface area (Å²) < 4.78 is 0.884. The van der Waals surface area contributed by atoms with Gasteiger partial charge >= 0.3 is 0 Å². The van der Waals surface area contributed by atoms with Gasteiger partial charge in [-0.05, 0) is 49.7 Å². The SMILES string of the molecule is Cc1cc(Br)ccc1NC(=O)C(C)N1C(=O)c2cc(Cl)c(Cl)cc2C1=O. The zero-order chi connectivity index (χ0) is 19.2. The van der Waals surface area contributed by atoms with Gasteiger partial charge in [-0.15, -0.1) is 0 Å². The number of fused-ring (bicyclic) bond motifs is 1. The fraction of sp³-hybridized carbons (Fsp3) is 0.167. The van der Waals surface area contributed by atoms with Gasteiger partial charge in [0.25, 0.3) is 11.8 Å². The second-order valence-corrected chi connectivity index (χ2v) is 7.65. The van der Waals surface area contributed by atoms with E-state index >= 15 is 0 Å². The fourth-order valence-electron chi connectivity index (χ4n) is 2.73. The second-order valence-electron chi connectivity index (χ2n) is 5.92. The van der Waals surface area contributed by atoms with Crippen LogP contribution in [0.3, 0.4) is 0 Å². The van der Waals surface area contributed by atoms with Crippen molar-refractivity contribution in [3.8, 4) is 0 Å². The largest absolute Gasteiger partial charge is 0.324 e. The van der Waals surface area contributed by atoms with E-state index in [0.29, 0.717) is 5.69 Å². The number of amides is 3. The second kappa shape index (κ2) is 7.02. The average Bonchev–Trinajstić information content (AvgIpc) is 2.81. The predicted octanol–water partition coefficient (Wildman–Crippen LogP) is 4.69. The minimum atomic E-state index is -0.997. The van der Waals surface area contributed by atoms with Gasteiger partial charge < -0.3 is 5.32 Å². The maximum atomic E-state index is 12.6. The molecule has 26 heavy (non-hydrogen) atoms. The highest BCUT2D eigenvalue weighted by Gasteiger charge is 2.41. The Morgan fingerprint density at radius 3 is 2.12 bits per heavy atom. The number of aryl methyl sites for hydroxylation is 1. The first-order valence-corrected chi connectivity index (χ1v) is 9.19. The Kier molecular flexibility index (Phi) is 5.10. The van der Waals surface area contributed by atoms with E-state index in [1.807, 2.05) is 13.0 Å². The third kappa shape index (κ3) is 3.24. The lowest BCUT2D eigenvalue weighted by Crippen LogP contribution is -2.45. The van der Waals surface area contributed by atoms with Crippen molar-refractivity contribution in [2.24, 2.45) is 0 Å². The Balaban J connectivity index is 1.86. The predicted molar refractivity (Wildman–Crippen MR) is 104 cm³/mol. The van der Waals surface area contributed by atoms with Crippen LogP contribution in [0.2, 0.25) is 10.0 Å². The topological polar surface area (TPSA) is 66.5 Å². The molecule has 8 heteroatoms. The smallest absolute Gasteiger partial charge is 0.262 e. The molecule has 1 aliphatic rings. The third-order valence-corrected chi connectivity index (χ3v) is 5.39. The molecule has 5 nitrogen and oxygen atoms in total. The maximum absolute atomic E-state index is 12.6. The summed E-state index contributed by atoms with van der Waals surface area (Å²) in [7, 11) is 0. The molecular formula is C18H13BrCl2N2O3. The number of carbonyl (C=O) groups excluding carboxylic acids is 3. The highest BCUT2D eigenvalue weighted by atomic mass is 79.9. The van der Waals surface area contributed by atoms with Gasteiger partial charge in [0.05, 0.1) is 21.2 Å². The molecule has 1 heterocycles. The van der Waals surface area contributed by atoms with Crippen LogP contribution in [0, 0.1) is 6.92 Å². The highest BCUT2D eigenvalue weighted by Crippen LogP contribution is 2.32. The van der Waals surface area contributed by atoms with Gasteiger partial charge in [0.2, 0.25) is 5.91 Å². The van der Waals surface area contributed by atoms with Crippen molar-refractivity contribution >= 4 is 62.5 Å². The van der Waals surface area contributed by atoms with E-state index in [0.717, 1.165) is 14.9 Å². The van der Waals surface area contributed by atoms with Gasteiger partial charge in [0, 0.05) is 10.2 Å². The van der Waals surface area contributed by atoms with Crippen LogP contribution in [-0.2, 0) is 4.79 Å². The number of nitrogens with zero attached hydrogens (tertiary/aromatic N) is 1. The number of rotatable bonds is 3. The molecule has 2 aromatic carbocycles. The van der Waals surface area contributed by atoms with E-state index in [1.54, 1.807) is 12.1 Å². The normalized spacial score (nSPS) is 14.4. The number of anilines is 1. The molecule has 1 atom stereocenters. The summed E-state index contributed by atoms with van der Waals surface area (Å²) in [5.74, 6) is -1.61. The van der Waals surface area contributed by atoms with Gasteiger partial charge in [-0.1, -0.05) is 39.1 Å². The van der Waals surface area contributed by atoms with Gasteiger partial charge in [-0.2, -0.15) is 0 Å². The third-order valence-electron chi connectivity index (χ3n) is 4.17.